The van der Waals surface area contributed by atoms with Crippen LogP contribution in [0, 0.1) is 5.41 Å². The Morgan fingerprint density at radius 1 is 1.37 bits per heavy atom. The van der Waals surface area contributed by atoms with Gasteiger partial charge in [-0.3, -0.25) is 4.79 Å². The van der Waals surface area contributed by atoms with Gasteiger partial charge in [-0.25, -0.2) is 0 Å². The Morgan fingerprint density at radius 2 is 2.05 bits per heavy atom. The number of carbonyl (C=O) groups excluding carboxylic acids is 1. The molecule has 0 amide bonds. The summed E-state index contributed by atoms with van der Waals surface area (Å²) < 4.78 is 4.91. The van der Waals surface area contributed by atoms with Crippen LogP contribution in [0.4, 0.5) is 0 Å². The average molecular weight is 262 g/mol. The summed E-state index contributed by atoms with van der Waals surface area (Å²) in [5, 5.41) is 0. The first kappa shape index (κ1) is 15.7. The lowest BCUT2D eigenvalue weighted by Crippen LogP contribution is -2.19. The Bertz CT molecular complexity index is 423. The van der Waals surface area contributed by atoms with Crippen LogP contribution in [0.15, 0.2) is 34.9 Å². The van der Waals surface area contributed by atoms with Crippen LogP contribution >= 0.6 is 0 Å². The Balaban J connectivity index is 2.71. The number of allylic oxidation sites excluding steroid dienone is 5. The van der Waals surface area contributed by atoms with Gasteiger partial charge in [-0.15, -0.1) is 0 Å². The second-order valence-corrected chi connectivity index (χ2v) is 6.02. The van der Waals surface area contributed by atoms with Gasteiger partial charge in [0.2, 0.25) is 0 Å². The van der Waals surface area contributed by atoms with E-state index < -0.39 is 0 Å². The molecule has 0 atom stereocenters. The van der Waals surface area contributed by atoms with Crippen LogP contribution in [0.5, 0.6) is 0 Å². The molecule has 0 aliphatic heterocycles. The number of ether oxygens (including phenoxy) is 1. The van der Waals surface area contributed by atoms with Gasteiger partial charge in [0.05, 0.1) is 0 Å². The van der Waals surface area contributed by atoms with Crippen molar-refractivity contribution in [1.29, 1.82) is 0 Å². The van der Waals surface area contributed by atoms with Gasteiger partial charge in [-0.05, 0) is 50.2 Å². The molecule has 0 unspecified atom stereocenters. The van der Waals surface area contributed by atoms with Crippen LogP contribution in [0.25, 0.3) is 0 Å². The second kappa shape index (κ2) is 6.74. The van der Waals surface area contributed by atoms with E-state index in [-0.39, 0.29) is 11.4 Å². The van der Waals surface area contributed by atoms with Crippen molar-refractivity contribution in [2.75, 3.05) is 6.61 Å². The summed E-state index contributed by atoms with van der Waals surface area (Å²) in [6, 6.07) is 0. The van der Waals surface area contributed by atoms with Gasteiger partial charge in [-0.1, -0.05) is 37.1 Å². The Hall–Kier alpha value is -1.31. The first-order chi connectivity index (χ1) is 8.83. The zero-order valence-corrected chi connectivity index (χ0v) is 12.9. The van der Waals surface area contributed by atoms with Gasteiger partial charge in [-0.2, -0.15) is 0 Å². The molecule has 1 rings (SSSR count). The van der Waals surface area contributed by atoms with Crippen LogP contribution in [0.3, 0.4) is 0 Å². The molecule has 0 aromatic carbocycles. The van der Waals surface area contributed by atoms with E-state index in [1.54, 1.807) is 0 Å². The second-order valence-electron chi connectivity index (χ2n) is 6.02. The summed E-state index contributed by atoms with van der Waals surface area (Å²) in [6.07, 6.45) is 10.0. The highest BCUT2D eigenvalue weighted by Gasteiger charge is 2.26. The van der Waals surface area contributed by atoms with Crippen molar-refractivity contribution in [3.05, 3.63) is 34.9 Å². The molecule has 0 saturated heterocycles. The molecule has 19 heavy (non-hydrogen) atoms. The predicted molar refractivity (Wildman–Crippen MR) is 79.9 cm³/mol. The minimum absolute atomic E-state index is 0.236. The molecule has 0 N–H and O–H groups in total. The summed E-state index contributed by atoms with van der Waals surface area (Å²) in [6.45, 7) is 10.7. The third kappa shape index (κ3) is 5.06. The van der Waals surface area contributed by atoms with E-state index in [0.29, 0.717) is 6.61 Å². The zero-order chi connectivity index (χ0) is 14.5. The number of hydrogen-bond donors (Lipinski definition) is 0. The summed E-state index contributed by atoms with van der Waals surface area (Å²) in [5.41, 5.74) is 4.36. The molecule has 0 spiro atoms. The van der Waals surface area contributed by atoms with Crippen molar-refractivity contribution >= 4 is 5.97 Å². The van der Waals surface area contributed by atoms with Crippen LogP contribution < -0.4 is 0 Å². The summed E-state index contributed by atoms with van der Waals surface area (Å²) >= 11 is 0. The molecule has 0 bridgehead atoms. The Labute approximate surface area is 117 Å². The predicted octanol–water partition coefficient (Wildman–Crippen LogP) is 4.58. The SMILES string of the molecule is CC(=O)OCC=C(C)C=CC1=C(C)CCCC1(C)C. The smallest absolute Gasteiger partial charge is 0.302 e. The fraction of sp³-hybridized carbons (Fsp3) is 0.588. The quantitative estimate of drug-likeness (QED) is 0.547. The highest BCUT2D eigenvalue weighted by molar-refractivity contribution is 5.66. The first-order valence-corrected chi connectivity index (χ1v) is 7.01. The maximum absolute atomic E-state index is 10.7. The van der Waals surface area contributed by atoms with E-state index in [1.165, 1.54) is 37.3 Å². The lowest BCUT2D eigenvalue weighted by molar-refractivity contribution is -0.139. The third-order valence-corrected chi connectivity index (χ3v) is 3.75. The topological polar surface area (TPSA) is 26.3 Å². The normalized spacial score (nSPS) is 19.9. The van der Waals surface area contributed by atoms with E-state index >= 15 is 0 Å². The maximum atomic E-state index is 10.7. The van der Waals surface area contributed by atoms with Crippen LogP contribution in [-0.2, 0) is 9.53 Å². The molecule has 0 radical (unpaired) electrons. The zero-order valence-electron chi connectivity index (χ0n) is 12.9. The molecule has 0 aromatic heterocycles. The summed E-state index contributed by atoms with van der Waals surface area (Å²) in [4.78, 5) is 10.7. The van der Waals surface area contributed by atoms with Gasteiger partial charge in [0, 0.05) is 6.92 Å². The van der Waals surface area contributed by atoms with Crippen LogP contribution in [0.1, 0.15) is 53.9 Å². The van der Waals surface area contributed by atoms with Gasteiger partial charge in [0.15, 0.2) is 0 Å². The van der Waals surface area contributed by atoms with Crippen LogP contribution in [-0.4, -0.2) is 12.6 Å². The first-order valence-electron chi connectivity index (χ1n) is 7.01. The monoisotopic (exact) mass is 262 g/mol. The molecule has 0 heterocycles. The van der Waals surface area contributed by atoms with Crippen molar-refractivity contribution in [2.45, 2.75) is 53.9 Å². The lowest BCUT2D eigenvalue weighted by atomic mass is 9.72. The van der Waals surface area contributed by atoms with Gasteiger partial charge in [0.25, 0.3) is 0 Å². The van der Waals surface area contributed by atoms with E-state index in [1.807, 2.05) is 13.0 Å². The van der Waals surface area contributed by atoms with Crippen molar-refractivity contribution in [1.82, 2.24) is 0 Å². The van der Waals surface area contributed by atoms with Crippen LogP contribution in [0.2, 0.25) is 0 Å². The molecule has 106 valence electrons. The van der Waals surface area contributed by atoms with Crippen molar-refractivity contribution in [2.24, 2.45) is 5.41 Å². The molecule has 2 heteroatoms. The molecule has 1 aliphatic carbocycles. The molecular formula is C17H26O2. The molecule has 0 fully saturated rings. The standard InChI is InChI=1S/C17H26O2/c1-13(10-12-19-15(3)18)8-9-16-14(2)7-6-11-17(16,4)5/h8-10H,6-7,11-12H2,1-5H3. The van der Waals surface area contributed by atoms with E-state index in [2.05, 4.69) is 32.9 Å². The van der Waals surface area contributed by atoms with Gasteiger partial charge < -0.3 is 4.74 Å². The lowest BCUT2D eigenvalue weighted by Gasteiger charge is -2.32. The molecule has 0 aromatic rings. The van der Waals surface area contributed by atoms with Crippen molar-refractivity contribution in [3.8, 4) is 0 Å². The Kier molecular flexibility index (Phi) is 5.59. The fourth-order valence-corrected chi connectivity index (χ4v) is 2.58. The largest absolute Gasteiger partial charge is 0.462 e. The molecule has 1 aliphatic rings. The minimum atomic E-state index is -0.236. The minimum Gasteiger partial charge on any atom is -0.462 e. The number of carbonyl (C=O) groups is 1. The van der Waals surface area contributed by atoms with E-state index in [0.717, 1.165) is 5.57 Å². The highest BCUT2D eigenvalue weighted by Crippen LogP contribution is 2.40. The summed E-state index contributed by atoms with van der Waals surface area (Å²) in [5.74, 6) is -0.236. The Morgan fingerprint density at radius 3 is 2.63 bits per heavy atom. The molecular weight excluding hydrogens is 236 g/mol. The average Bonchev–Trinajstić information content (AvgIpc) is 2.26. The van der Waals surface area contributed by atoms with Gasteiger partial charge >= 0.3 is 5.97 Å². The molecule has 2 nitrogen and oxygen atoms in total. The number of hydrogen-bond acceptors (Lipinski definition) is 2. The number of rotatable bonds is 4. The van der Waals surface area contributed by atoms with Crippen molar-refractivity contribution < 1.29 is 9.53 Å². The third-order valence-electron chi connectivity index (χ3n) is 3.75. The van der Waals surface area contributed by atoms with E-state index in [4.69, 9.17) is 4.74 Å². The number of esters is 1. The molecule has 0 saturated carbocycles. The van der Waals surface area contributed by atoms with E-state index in [9.17, 15) is 4.79 Å². The van der Waals surface area contributed by atoms with Crippen molar-refractivity contribution in [3.63, 3.8) is 0 Å². The highest BCUT2D eigenvalue weighted by atomic mass is 16.5. The fourth-order valence-electron chi connectivity index (χ4n) is 2.58. The maximum Gasteiger partial charge on any atom is 0.302 e. The summed E-state index contributed by atoms with van der Waals surface area (Å²) in [7, 11) is 0. The van der Waals surface area contributed by atoms with Gasteiger partial charge in [0.1, 0.15) is 6.61 Å².